The highest BCUT2D eigenvalue weighted by Crippen LogP contribution is 1.91. The van der Waals surface area contributed by atoms with Crippen LogP contribution in [0.1, 0.15) is 20.8 Å². The fraction of sp³-hybridized carbons (Fsp3) is 0.833. The van der Waals surface area contributed by atoms with Crippen molar-refractivity contribution in [3.05, 3.63) is 0 Å². The maximum atomic E-state index is 11.7. The summed E-state index contributed by atoms with van der Waals surface area (Å²) in [6.45, 7) is 7.27. The zero-order valence-electron chi connectivity index (χ0n) is 11.7. The molecule has 0 saturated carbocycles. The Morgan fingerprint density at radius 1 is 1.28 bits per heavy atom. The Balaban J connectivity index is 4.03. The van der Waals surface area contributed by atoms with Gasteiger partial charge in [0.1, 0.15) is 0 Å². The van der Waals surface area contributed by atoms with E-state index in [4.69, 9.17) is 9.47 Å². The topological polar surface area (TPSA) is 67.9 Å². The van der Waals surface area contributed by atoms with Crippen LogP contribution in [0.4, 0.5) is 0 Å². The van der Waals surface area contributed by atoms with Gasteiger partial charge in [0, 0.05) is 13.2 Å². The van der Waals surface area contributed by atoms with E-state index in [0.717, 1.165) is 0 Å². The number of carbonyl (C=O) groups is 2. The highest BCUT2D eigenvalue weighted by Gasteiger charge is 2.14. The number of nitrogens with zero attached hydrogens (tertiary/aromatic N) is 1. The number of methoxy groups -OCH3 is 1. The molecule has 0 aliphatic carbocycles. The third-order valence-corrected chi connectivity index (χ3v) is 2.30. The number of nitrogens with one attached hydrogen (secondary N) is 1. The lowest BCUT2D eigenvalue weighted by atomic mass is 10.3. The summed E-state index contributed by atoms with van der Waals surface area (Å²) in [5, 5.41) is 2.79. The molecule has 0 fully saturated rings. The quantitative estimate of drug-likeness (QED) is 0.592. The molecular weight excluding hydrogens is 236 g/mol. The molecule has 0 aliphatic heterocycles. The molecule has 0 bridgehead atoms. The monoisotopic (exact) mass is 260 g/mol. The molecule has 0 aromatic heterocycles. The predicted molar refractivity (Wildman–Crippen MR) is 68.2 cm³/mol. The van der Waals surface area contributed by atoms with Gasteiger partial charge in [-0.3, -0.25) is 14.5 Å². The molecule has 0 aromatic carbocycles. The number of amides is 1. The van der Waals surface area contributed by atoms with E-state index in [1.54, 1.807) is 18.9 Å². The van der Waals surface area contributed by atoms with Crippen LogP contribution in [0.2, 0.25) is 0 Å². The molecule has 0 radical (unpaired) electrons. The van der Waals surface area contributed by atoms with Crippen LogP contribution in [0.5, 0.6) is 0 Å². The van der Waals surface area contributed by atoms with Gasteiger partial charge in [-0.25, -0.2) is 0 Å². The SMILES string of the molecule is CCOC(=O)CN(CC)CC(=O)NC(C)COC. The normalized spacial score (nSPS) is 12.3. The van der Waals surface area contributed by atoms with Crippen molar-refractivity contribution < 1.29 is 19.1 Å². The molecule has 0 aliphatic rings. The number of carbonyl (C=O) groups excluding carboxylic acids is 2. The summed E-state index contributed by atoms with van der Waals surface area (Å²) in [7, 11) is 1.59. The van der Waals surface area contributed by atoms with Gasteiger partial charge in [-0.15, -0.1) is 0 Å². The van der Waals surface area contributed by atoms with Crippen LogP contribution in [-0.4, -0.2) is 62.8 Å². The Labute approximate surface area is 109 Å². The molecule has 1 amide bonds. The van der Waals surface area contributed by atoms with Gasteiger partial charge < -0.3 is 14.8 Å². The predicted octanol–water partition coefficient (Wildman–Crippen LogP) is 0.0225. The number of hydrogen-bond acceptors (Lipinski definition) is 5. The van der Waals surface area contributed by atoms with Crippen LogP contribution in [-0.2, 0) is 19.1 Å². The van der Waals surface area contributed by atoms with E-state index in [1.807, 2.05) is 13.8 Å². The third-order valence-electron chi connectivity index (χ3n) is 2.30. The first-order chi connectivity index (χ1) is 8.53. The van der Waals surface area contributed by atoms with Gasteiger partial charge in [0.25, 0.3) is 0 Å². The molecule has 0 rings (SSSR count). The van der Waals surface area contributed by atoms with E-state index in [9.17, 15) is 9.59 Å². The van der Waals surface area contributed by atoms with E-state index in [0.29, 0.717) is 19.8 Å². The standard InChI is InChI=1S/C12H24N2O4/c1-5-14(8-12(16)18-6-2)7-11(15)13-10(3)9-17-4/h10H,5-9H2,1-4H3,(H,13,15). The molecule has 0 spiro atoms. The van der Waals surface area contributed by atoms with Crippen molar-refractivity contribution >= 4 is 11.9 Å². The van der Waals surface area contributed by atoms with Crippen molar-refractivity contribution in [3.8, 4) is 0 Å². The third kappa shape index (κ3) is 8.03. The Bertz CT molecular complexity index is 258. The molecule has 1 N–H and O–H groups in total. The lowest BCUT2D eigenvalue weighted by molar-refractivity contribution is -0.144. The maximum Gasteiger partial charge on any atom is 0.320 e. The maximum absolute atomic E-state index is 11.7. The molecular formula is C12H24N2O4. The number of esters is 1. The van der Waals surface area contributed by atoms with E-state index in [1.165, 1.54) is 0 Å². The van der Waals surface area contributed by atoms with Gasteiger partial charge in [0.2, 0.25) is 5.91 Å². The second kappa shape index (κ2) is 9.85. The summed E-state index contributed by atoms with van der Waals surface area (Å²) in [4.78, 5) is 24.7. The van der Waals surface area contributed by atoms with Crippen molar-refractivity contribution in [1.29, 1.82) is 0 Å². The fourth-order valence-corrected chi connectivity index (χ4v) is 1.48. The number of ether oxygens (including phenoxy) is 2. The molecule has 6 nitrogen and oxygen atoms in total. The molecule has 1 unspecified atom stereocenters. The van der Waals surface area contributed by atoms with Crippen LogP contribution in [0, 0.1) is 0 Å². The van der Waals surface area contributed by atoms with E-state index < -0.39 is 0 Å². The number of rotatable bonds is 9. The van der Waals surface area contributed by atoms with Crippen molar-refractivity contribution in [2.45, 2.75) is 26.8 Å². The summed E-state index contributed by atoms with van der Waals surface area (Å²) in [6, 6.07) is -0.0381. The summed E-state index contributed by atoms with van der Waals surface area (Å²) in [5.41, 5.74) is 0. The molecule has 0 saturated heterocycles. The average Bonchev–Trinajstić information content (AvgIpc) is 2.28. The average molecular weight is 260 g/mol. The number of hydrogen-bond donors (Lipinski definition) is 1. The minimum atomic E-state index is -0.308. The lowest BCUT2D eigenvalue weighted by Crippen LogP contribution is -2.44. The first-order valence-corrected chi connectivity index (χ1v) is 6.19. The molecule has 18 heavy (non-hydrogen) atoms. The zero-order valence-corrected chi connectivity index (χ0v) is 11.7. The summed E-state index contributed by atoms with van der Waals surface area (Å²) in [6.07, 6.45) is 0. The summed E-state index contributed by atoms with van der Waals surface area (Å²) >= 11 is 0. The van der Waals surface area contributed by atoms with Crippen LogP contribution in [0.3, 0.4) is 0 Å². The van der Waals surface area contributed by atoms with E-state index in [-0.39, 0.29) is 31.0 Å². The fourth-order valence-electron chi connectivity index (χ4n) is 1.48. The first-order valence-electron chi connectivity index (χ1n) is 6.19. The van der Waals surface area contributed by atoms with Crippen LogP contribution in [0.15, 0.2) is 0 Å². The van der Waals surface area contributed by atoms with Crippen molar-refractivity contribution in [3.63, 3.8) is 0 Å². The second-order valence-corrected chi connectivity index (χ2v) is 4.03. The number of likely N-dealkylation sites (N-methyl/N-ethyl adjacent to an activating group) is 1. The van der Waals surface area contributed by atoms with Gasteiger partial charge in [-0.2, -0.15) is 0 Å². The van der Waals surface area contributed by atoms with Gasteiger partial charge in [-0.05, 0) is 20.4 Å². The molecule has 0 aromatic rings. The summed E-state index contributed by atoms with van der Waals surface area (Å²) < 4.78 is 9.77. The van der Waals surface area contributed by atoms with Gasteiger partial charge in [0.15, 0.2) is 0 Å². The highest BCUT2D eigenvalue weighted by atomic mass is 16.5. The van der Waals surface area contributed by atoms with Crippen LogP contribution >= 0.6 is 0 Å². The Morgan fingerprint density at radius 3 is 2.44 bits per heavy atom. The highest BCUT2D eigenvalue weighted by molar-refractivity contribution is 5.79. The Hall–Kier alpha value is -1.14. The van der Waals surface area contributed by atoms with Crippen LogP contribution in [0.25, 0.3) is 0 Å². The largest absolute Gasteiger partial charge is 0.465 e. The summed E-state index contributed by atoms with van der Waals surface area (Å²) in [5.74, 6) is -0.428. The zero-order chi connectivity index (χ0) is 14.0. The second-order valence-electron chi connectivity index (χ2n) is 4.03. The lowest BCUT2D eigenvalue weighted by Gasteiger charge is -2.20. The van der Waals surface area contributed by atoms with Gasteiger partial charge in [-0.1, -0.05) is 6.92 Å². The minimum Gasteiger partial charge on any atom is -0.465 e. The van der Waals surface area contributed by atoms with Crippen molar-refractivity contribution in [2.24, 2.45) is 0 Å². The first kappa shape index (κ1) is 16.9. The van der Waals surface area contributed by atoms with Crippen molar-refractivity contribution in [2.75, 3.05) is 40.0 Å². The molecule has 106 valence electrons. The van der Waals surface area contributed by atoms with Gasteiger partial charge >= 0.3 is 5.97 Å². The Kier molecular flexibility index (Phi) is 9.22. The van der Waals surface area contributed by atoms with Gasteiger partial charge in [0.05, 0.1) is 26.3 Å². The smallest absolute Gasteiger partial charge is 0.320 e. The molecule has 1 atom stereocenters. The minimum absolute atomic E-state index is 0.0381. The molecule has 0 heterocycles. The molecule has 6 heteroatoms. The van der Waals surface area contributed by atoms with Crippen LogP contribution < -0.4 is 5.32 Å². The van der Waals surface area contributed by atoms with Crippen molar-refractivity contribution in [1.82, 2.24) is 10.2 Å². The van der Waals surface area contributed by atoms with E-state index in [2.05, 4.69) is 5.32 Å². The van der Waals surface area contributed by atoms with E-state index >= 15 is 0 Å². The Morgan fingerprint density at radius 2 is 1.94 bits per heavy atom.